The molecule has 2 N–H and O–H groups in total. The lowest BCUT2D eigenvalue weighted by atomic mass is 9.95. The third-order valence-corrected chi connectivity index (χ3v) is 4.91. The first-order valence-corrected chi connectivity index (χ1v) is 9.13. The molecular formula is C19H19ClFN3O3. The van der Waals surface area contributed by atoms with Gasteiger partial charge in [-0.15, -0.1) is 0 Å². The number of carbonyl (C=O) groups is 1. The number of hydrogen-bond donors (Lipinski definition) is 2. The van der Waals surface area contributed by atoms with E-state index in [1.807, 2.05) is 0 Å². The molecule has 0 saturated heterocycles. The Kier molecular flexibility index (Phi) is 5.91. The normalized spacial score (nSPS) is 14.6. The van der Waals surface area contributed by atoms with Crippen molar-refractivity contribution in [1.82, 2.24) is 0 Å². The Morgan fingerprint density at radius 2 is 1.78 bits per heavy atom. The molecular weight excluding hydrogens is 373 g/mol. The van der Waals surface area contributed by atoms with E-state index in [2.05, 4.69) is 10.6 Å². The average molecular weight is 392 g/mol. The molecule has 0 unspecified atom stereocenters. The molecule has 2 aromatic rings. The van der Waals surface area contributed by atoms with Crippen molar-refractivity contribution < 1.29 is 14.1 Å². The van der Waals surface area contributed by atoms with Crippen LogP contribution in [-0.2, 0) is 0 Å². The first kappa shape index (κ1) is 19.1. The van der Waals surface area contributed by atoms with Crippen LogP contribution in [0.1, 0.15) is 42.5 Å². The molecule has 0 aromatic heterocycles. The van der Waals surface area contributed by atoms with E-state index >= 15 is 0 Å². The highest BCUT2D eigenvalue weighted by molar-refractivity contribution is 6.34. The van der Waals surface area contributed by atoms with Crippen molar-refractivity contribution in [3.05, 3.63) is 62.9 Å². The summed E-state index contributed by atoms with van der Waals surface area (Å²) in [4.78, 5) is 23.2. The Morgan fingerprint density at radius 1 is 1.11 bits per heavy atom. The summed E-state index contributed by atoms with van der Waals surface area (Å²) < 4.78 is 13.0. The second kappa shape index (κ2) is 8.35. The number of benzene rings is 2. The van der Waals surface area contributed by atoms with E-state index in [0.717, 1.165) is 25.7 Å². The van der Waals surface area contributed by atoms with Gasteiger partial charge in [0.1, 0.15) is 11.5 Å². The van der Waals surface area contributed by atoms with E-state index < -0.39 is 16.6 Å². The van der Waals surface area contributed by atoms with Crippen LogP contribution in [0, 0.1) is 15.9 Å². The number of amides is 1. The fourth-order valence-electron chi connectivity index (χ4n) is 3.19. The predicted molar refractivity (Wildman–Crippen MR) is 103 cm³/mol. The number of carbonyl (C=O) groups excluding carboxylic acids is 1. The maximum atomic E-state index is 13.0. The minimum atomic E-state index is -0.497. The number of halogens is 2. The first-order valence-electron chi connectivity index (χ1n) is 8.75. The van der Waals surface area contributed by atoms with Crippen molar-refractivity contribution in [2.45, 2.75) is 38.1 Å². The smallest absolute Gasteiger partial charge is 0.293 e. The summed E-state index contributed by atoms with van der Waals surface area (Å²) in [5.74, 6) is -0.923. The summed E-state index contributed by atoms with van der Waals surface area (Å²) >= 11 is 6.14. The molecule has 0 spiro atoms. The number of anilines is 2. The number of hydrogen-bond acceptors (Lipinski definition) is 4. The van der Waals surface area contributed by atoms with Gasteiger partial charge in [-0.1, -0.05) is 30.9 Å². The maximum Gasteiger partial charge on any atom is 0.293 e. The van der Waals surface area contributed by atoms with Crippen molar-refractivity contribution in [1.29, 1.82) is 0 Å². The van der Waals surface area contributed by atoms with E-state index in [1.165, 1.54) is 42.8 Å². The van der Waals surface area contributed by atoms with Crippen LogP contribution in [-0.4, -0.2) is 16.9 Å². The zero-order valence-corrected chi connectivity index (χ0v) is 15.3. The summed E-state index contributed by atoms with van der Waals surface area (Å²) in [6.45, 7) is 0. The SMILES string of the molecule is O=C(Nc1cc(NC2CCCCC2)c([N+](=O)[O-])cc1Cl)c1ccc(F)cc1. The summed E-state index contributed by atoms with van der Waals surface area (Å²) in [7, 11) is 0. The Hall–Kier alpha value is -2.67. The molecule has 0 radical (unpaired) electrons. The van der Waals surface area contributed by atoms with Crippen LogP contribution in [0.5, 0.6) is 0 Å². The lowest BCUT2D eigenvalue weighted by Gasteiger charge is -2.24. The molecule has 0 bridgehead atoms. The first-order chi connectivity index (χ1) is 12.9. The zero-order valence-electron chi connectivity index (χ0n) is 14.5. The van der Waals surface area contributed by atoms with Gasteiger partial charge in [0, 0.05) is 17.7 Å². The molecule has 6 nitrogen and oxygen atoms in total. The van der Waals surface area contributed by atoms with Crippen LogP contribution in [0.3, 0.4) is 0 Å². The third-order valence-electron chi connectivity index (χ3n) is 4.60. The van der Waals surface area contributed by atoms with E-state index in [0.29, 0.717) is 5.69 Å². The maximum absolute atomic E-state index is 13.0. The lowest BCUT2D eigenvalue weighted by Crippen LogP contribution is -2.23. The largest absolute Gasteiger partial charge is 0.377 e. The molecule has 1 amide bonds. The standard InChI is InChI=1S/C19H19ClFN3O3/c20-15-10-18(24(26)27)17(22-14-4-2-1-3-5-14)11-16(15)23-19(25)12-6-8-13(21)9-7-12/h6-11,14,22H,1-5H2,(H,23,25). The molecule has 8 heteroatoms. The molecule has 2 aromatic carbocycles. The molecule has 3 rings (SSSR count). The van der Waals surface area contributed by atoms with Gasteiger partial charge in [0.15, 0.2) is 0 Å². The second-order valence-corrected chi connectivity index (χ2v) is 6.95. The van der Waals surface area contributed by atoms with Crippen LogP contribution in [0.15, 0.2) is 36.4 Å². The zero-order chi connectivity index (χ0) is 19.4. The summed E-state index contributed by atoms with van der Waals surface area (Å²) in [6.07, 6.45) is 5.20. The topological polar surface area (TPSA) is 84.3 Å². The van der Waals surface area contributed by atoms with E-state index in [4.69, 9.17) is 11.6 Å². The van der Waals surface area contributed by atoms with Gasteiger partial charge in [-0.25, -0.2) is 4.39 Å². The van der Waals surface area contributed by atoms with E-state index in [9.17, 15) is 19.3 Å². The van der Waals surface area contributed by atoms with Crippen LogP contribution in [0.4, 0.5) is 21.5 Å². The molecule has 27 heavy (non-hydrogen) atoms. The number of nitrogens with one attached hydrogen (secondary N) is 2. The minimum absolute atomic E-state index is 0.0614. The van der Waals surface area contributed by atoms with Crippen LogP contribution >= 0.6 is 11.6 Å². The highest BCUT2D eigenvalue weighted by atomic mass is 35.5. The van der Waals surface area contributed by atoms with E-state index in [-0.39, 0.29) is 28.0 Å². The van der Waals surface area contributed by atoms with E-state index in [1.54, 1.807) is 0 Å². The number of nitro groups is 1. The van der Waals surface area contributed by atoms with Gasteiger partial charge in [0.05, 0.1) is 15.6 Å². The lowest BCUT2D eigenvalue weighted by molar-refractivity contribution is -0.384. The van der Waals surface area contributed by atoms with Gasteiger partial charge in [-0.05, 0) is 43.2 Å². The van der Waals surface area contributed by atoms with Crippen LogP contribution in [0.2, 0.25) is 5.02 Å². The average Bonchev–Trinajstić information content (AvgIpc) is 2.65. The number of nitrogens with zero attached hydrogens (tertiary/aromatic N) is 1. The molecule has 1 aliphatic carbocycles. The fraction of sp³-hybridized carbons (Fsp3) is 0.316. The van der Waals surface area contributed by atoms with Gasteiger partial charge in [-0.2, -0.15) is 0 Å². The highest BCUT2D eigenvalue weighted by Gasteiger charge is 2.22. The third kappa shape index (κ3) is 4.74. The van der Waals surface area contributed by atoms with Crippen LogP contribution in [0.25, 0.3) is 0 Å². The molecule has 1 saturated carbocycles. The second-order valence-electron chi connectivity index (χ2n) is 6.55. The number of nitro benzene ring substituents is 1. The van der Waals surface area contributed by atoms with Crippen molar-refractivity contribution >= 4 is 34.6 Å². The van der Waals surface area contributed by atoms with Crippen molar-refractivity contribution in [3.63, 3.8) is 0 Å². The summed E-state index contributed by atoms with van der Waals surface area (Å²) in [5, 5.41) is 17.3. The number of rotatable bonds is 5. The molecule has 0 heterocycles. The van der Waals surface area contributed by atoms with Crippen molar-refractivity contribution in [2.75, 3.05) is 10.6 Å². The van der Waals surface area contributed by atoms with Gasteiger partial charge < -0.3 is 10.6 Å². The predicted octanol–water partition coefficient (Wildman–Crippen LogP) is 5.38. The van der Waals surface area contributed by atoms with Gasteiger partial charge in [0.25, 0.3) is 11.6 Å². The van der Waals surface area contributed by atoms with Crippen LogP contribution < -0.4 is 10.6 Å². The Labute approximate surface area is 160 Å². The van der Waals surface area contributed by atoms with Crippen molar-refractivity contribution in [2.24, 2.45) is 0 Å². The molecule has 1 fully saturated rings. The highest BCUT2D eigenvalue weighted by Crippen LogP contribution is 2.36. The molecule has 1 aliphatic rings. The van der Waals surface area contributed by atoms with Gasteiger partial charge in [-0.3, -0.25) is 14.9 Å². The van der Waals surface area contributed by atoms with Gasteiger partial charge in [0.2, 0.25) is 0 Å². The minimum Gasteiger partial charge on any atom is -0.377 e. The summed E-state index contributed by atoms with van der Waals surface area (Å²) in [5.41, 5.74) is 0.707. The van der Waals surface area contributed by atoms with Crippen molar-refractivity contribution in [3.8, 4) is 0 Å². The molecule has 0 atom stereocenters. The molecule has 142 valence electrons. The molecule has 0 aliphatic heterocycles. The Bertz CT molecular complexity index is 852. The van der Waals surface area contributed by atoms with Gasteiger partial charge >= 0.3 is 0 Å². The monoisotopic (exact) mass is 391 g/mol. The Balaban J connectivity index is 1.85. The quantitative estimate of drug-likeness (QED) is 0.529. The fourth-order valence-corrected chi connectivity index (χ4v) is 3.39. The summed E-state index contributed by atoms with van der Waals surface area (Å²) in [6, 6.07) is 7.93. The Morgan fingerprint density at radius 3 is 2.41 bits per heavy atom.